The third-order valence-electron chi connectivity index (χ3n) is 3.22. The summed E-state index contributed by atoms with van der Waals surface area (Å²) in [5, 5.41) is 8.98. The fraction of sp³-hybridized carbons (Fsp3) is 0.333. The molecular weight excluding hydrogens is 354 g/mol. The topological polar surface area (TPSA) is 50.4 Å². The van der Waals surface area contributed by atoms with Gasteiger partial charge in [-0.1, -0.05) is 11.3 Å². The number of aromatic nitrogens is 1. The van der Waals surface area contributed by atoms with Crippen molar-refractivity contribution in [3.63, 3.8) is 0 Å². The first-order valence-electron chi connectivity index (χ1n) is 6.40. The number of rotatable bonds is 6. The molecule has 0 saturated carbocycles. The van der Waals surface area contributed by atoms with E-state index in [2.05, 4.69) is 0 Å². The van der Waals surface area contributed by atoms with Crippen molar-refractivity contribution in [3.8, 4) is 5.75 Å². The largest absolute Gasteiger partial charge is 1.00 e. The Morgan fingerprint density at radius 2 is 2.00 bits per heavy atom. The number of hydrogen-bond acceptors (Lipinski definition) is 4. The number of aliphatic hydroxyl groups excluding tert-OH is 1. The molecule has 2 aromatic rings. The van der Waals surface area contributed by atoms with Crippen molar-refractivity contribution in [2.45, 2.75) is 19.9 Å². The van der Waals surface area contributed by atoms with E-state index in [1.807, 2.05) is 17.0 Å². The van der Waals surface area contributed by atoms with Gasteiger partial charge in [0.2, 0.25) is 17.8 Å². The molecule has 2 rings (SSSR count). The van der Waals surface area contributed by atoms with Crippen LogP contribution in [0.2, 0.25) is 0 Å². The summed E-state index contributed by atoms with van der Waals surface area (Å²) in [4.78, 5) is 13.3. The molecular formula is C15H18BrNO3S. The number of carbonyl (C=O) groups excluding carboxylic acids is 1. The Labute approximate surface area is 138 Å². The quantitative estimate of drug-likeness (QED) is 0.511. The summed E-state index contributed by atoms with van der Waals surface area (Å²) in [6, 6.07) is 7.13. The monoisotopic (exact) mass is 371 g/mol. The van der Waals surface area contributed by atoms with Gasteiger partial charge < -0.3 is 26.8 Å². The third-order valence-corrected chi connectivity index (χ3v) is 4.37. The predicted octanol–water partition coefficient (Wildman–Crippen LogP) is -1.23. The number of methoxy groups -OCH3 is 1. The normalized spacial score (nSPS) is 10.0. The molecule has 21 heavy (non-hydrogen) atoms. The van der Waals surface area contributed by atoms with Gasteiger partial charge in [-0.15, -0.1) is 0 Å². The van der Waals surface area contributed by atoms with Gasteiger partial charge in [0.05, 0.1) is 12.0 Å². The number of hydrogen-bond donors (Lipinski definition) is 1. The molecule has 4 nitrogen and oxygen atoms in total. The molecule has 0 atom stereocenters. The van der Waals surface area contributed by atoms with Gasteiger partial charge in [0, 0.05) is 25.5 Å². The van der Waals surface area contributed by atoms with Crippen LogP contribution in [0.1, 0.15) is 20.9 Å². The maximum Gasteiger partial charge on any atom is 0.227 e. The second kappa shape index (κ2) is 8.26. The second-order valence-electron chi connectivity index (χ2n) is 4.49. The van der Waals surface area contributed by atoms with E-state index in [-0.39, 0.29) is 29.4 Å². The molecule has 0 aliphatic rings. The molecule has 1 N–H and O–H groups in total. The number of nitrogens with zero attached hydrogens (tertiary/aromatic N) is 1. The van der Waals surface area contributed by atoms with Crippen molar-refractivity contribution >= 4 is 17.1 Å². The molecule has 6 heteroatoms. The minimum atomic E-state index is 0. The van der Waals surface area contributed by atoms with Gasteiger partial charge in [0.1, 0.15) is 5.75 Å². The van der Waals surface area contributed by atoms with Crippen LogP contribution >= 0.6 is 11.3 Å². The average molecular weight is 372 g/mol. The summed E-state index contributed by atoms with van der Waals surface area (Å²) in [6.45, 7) is 2.43. The summed E-state index contributed by atoms with van der Waals surface area (Å²) in [5.41, 5.74) is 3.65. The van der Waals surface area contributed by atoms with Gasteiger partial charge in [0.25, 0.3) is 0 Å². The van der Waals surface area contributed by atoms with Gasteiger partial charge in [-0.3, -0.25) is 4.79 Å². The van der Waals surface area contributed by atoms with Crippen molar-refractivity contribution in [2.24, 2.45) is 0 Å². The smallest absolute Gasteiger partial charge is 0.227 e. The van der Waals surface area contributed by atoms with E-state index in [9.17, 15) is 4.79 Å². The molecule has 0 spiro atoms. The Morgan fingerprint density at radius 3 is 2.57 bits per heavy atom. The van der Waals surface area contributed by atoms with Gasteiger partial charge >= 0.3 is 0 Å². The number of ether oxygens (including phenoxy) is 1. The lowest BCUT2D eigenvalue weighted by atomic mass is 10.1. The molecule has 0 fully saturated rings. The minimum Gasteiger partial charge on any atom is -1.00 e. The fourth-order valence-electron chi connectivity index (χ4n) is 1.97. The Bertz CT molecular complexity index is 595. The Hall–Kier alpha value is -1.24. The van der Waals surface area contributed by atoms with E-state index < -0.39 is 0 Å². The summed E-state index contributed by atoms with van der Waals surface area (Å²) in [6.07, 6.45) is 0.639. The number of carbonyl (C=O) groups is 1. The third kappa shape index (κ3) is 4.36. The van der Waals surface area contributed by atoms with Crippen LogP contribution in [-0.2, 0) is 13.0 Å². The first-order valence-corrected chi connectivity index (χ1v) is 7.28. The minimum absolute atomic E-state index is 0. The number of ketones is 1. The van der Waals surface area contributed by atoms with Crippen LogP contribution in [0.15, 0.2) is 29.8 Å². The Morgan fingerprint density at radius 1 is 1.33 bits per heavy atom. The summed E-state index contributed by atoms with van der Waals surface area (Å²) < 4.78 is 7.01. The molecule has 0 amide bonds. The number of thiazole rings is 1. The van der Waals surface area contributed by atoms with Crippen molar-refractivity contribution in [3.05, 3.63) is 45.9 Å². The summed E-state index contributed by atoms with van der Waals surface area (Å²) in [7, 11) is 1.60. The number of halogens is 1. The fourth-order valence-corrected chi connectivity index (χ4v) is 2.96. The second-order valence-corrected chi connectivity index (χ2v) is 5.42. The molecule has 1 aromatic carbocycles. The van der Waals surface area contributed by atoms with Gasteiger partial charge in [0.15, 0.2) is 5.69 Å². The van der Waals surface area contributed by atoms with Crippen molar-refractivity contribution in [1.29, 1.82) is 0 Å². The van der Waals surface area contributed by atoms with E-state index in [0.29, 0.717) is 18.5 Å². The zero-order valence-corrected chi connectivity index (χ0v) is 14.4. The van der Waals surface area contributed by atoms with Crippen LogP contribution in [0, 0.1) is 6.92 Å². The highest BCUT2D eigenvalue weighted by atomic mass is 79.9. The number of aliphatic hydroxyl groups is 1. The SMILES string of the molecule is COc1ccc(C(=O)C[n+]2csc(CCO)c2C)cc1.[Br-]. The maximum absolute atomic E-state index is 12.2. The number of benzene rings is 1. The zero-order valence-electron chi connectivity index (χ0n) is 12.0. The zero-order chi connectivity index (χ0) is 14.5. The van der Waals surface area contributed by atoms with Gasteiger partial charge in [-0.2, -0.15) is 4.57 Å². The van der Waals surface area contributed by atoms with E-state index in [1.165, 1.54) is 0 Å². The molecule has 114 valence electrons. The van der Waals surface area contributed by atoms with Crippen LogP contribution in [0.3, 0.4) is 0 Å². The average Bonchev–Trinajstić information content (AvgIpc) is 2.81. The molecule has 1 aromatic heterocycles. The highest BCUT2D eigenvalue weighted by molar-refractivity contribution is 7.09. The molecule has 0 unspecified atom stereocenters. The first kappa shape index (κ1) is 17.8. The van der Waals surface area contributed by atoms with Crippen LogP contribution in [0.25, 0.3) is 0 Å². The Balaban J connectivity index is 0.00000220. The Kier molecular flexibility index (Phi) is 7.01. The molecule has 1 heterocycles. The first-order chi connectivity index (χ1) is 9.65. The van der Waals surface area contributed by atoms with E-state index in [1.54, 1.807) is 42.7 Å². The molecule has 0 aliphatic heterocycles. The number of Topliss-reactive ketones (excluding diaryl/α,β-unsaturated/α-hetero) is 1. The maximum atomic E-state index is 12.2. The van der Waals surface area contributed by atoms with Crippen molar-refractivity contribution in [2.75, 3.05) is 13.7 Å². The van der Waals surface area contributed by atoms with E-state index >= 15 is 0 Å². The molecule has 0 aliphatic carbocycles. The summed E-state index contributed by atoms with van der Waals surface area (Å²) in [5.74, 6) is 0.806. The van der Waals surface area contributed by atoms with E-state index in [0.717, 1.165) is 16.3 Å². The predicted molar refractivity (Wildman–Crippen MR) is 77.4 cm³/mol. The van der Waals surface area contributed by atoms with Crippen LogP contribution in [-0.4, -0.2) is 24.6 Å². The molecule has 0 radical (unpaired) electrons. The highest BCUT2D eigenvalue weighted by Crippen LogP contribution is 2.14. The van der Waals surface area contributed by atoms with Gasteiger partial charge in [-0.05, 0) is 24.3 Å². The van der Waals surface area contributed by atoms with Crippen LogP contribution in [0.5, 0.6) is 5.75 Å². The standard InChI is InChI=1S/C15H18NO3S.BrH/c1-11-15(7-8-17)20-10-16(11)9-14(18)12-3-5-13(19-2)6-4-12;/h3-6,10,17H,7-9H2,1-2H3;1H/q+1;/p-1. The lowest BCUT2D eigenvalue weighted by Crippen LogP contribution is -3.00. The van der Waals surface area contributed by atoms with Crippen molar-refractivity contribution in [1.82, 2.24) is 0 Å². The molecule has 0 saturated heterocycles. The van der Waals surface area contributed by atoms with Crippen LogP contribution in [0.4, 0.5) is 0 Å². The van der Waals surface area contributed by atoms with E-state index in [4.69, 9.17) is 9.84 Å². The summed E-state index contributed by atoms with van der Waals surface area (Å²) >= 11 is 1.57. The van der Waals surface area contributed by atoms with Gasteiger partial charge in [-0.25, -0.2) is 0 Å². The van der Waals surface area contributed by atoms with Crippen LogP contribution < -0.4 is 26.3 Å². The highest BCUT2D eigenvalue weighted by Gasteiger charge is 2.19. The lowest BCUT2D eigenvalue weighted by molar-refractivity contribution is -0.684. The lowest BCUT2D eigenvalue weighted by Gasteiger charge is -2.01. The molecule has 0 bridgehead atoms. The van der Waals surface area contributed by atoms with Crippen molar-refractivity contribution < 1.29 is 36.2 Å².